The summed E-state index contributed by atoms with van der Waals surface area (Å²) in [5, 5.41) is 10.7. The van der Waals surface area contributed by atoms with Gasteiger partial charge in [-0.2, -0.15) is 0 Å². The molecule has 1 atom stereocenters. The lowest BCUT2D eigenvalue weighted by atomic mass is 10.1. The van der Waals surface area contributed by atoms with Crippen LogP contribution in [0.1, 0.15) is 22.3 Å². The highest BCUT2D eigenvalue weighted by molar-refractivity contribution is 5.44. The molecule has 0 bridgehead atoms. The Morgan fingerprint density at radius 1 is 0.903 bits per heavy atom. The number of aryl methyl sites for hydroxylation is 2. The first kappa shape index (κ1) is 21.2. The first-order valence-corrected chi connectivity index (χ1v) is 10.6. The highest BCUT2D eigenvalue weighted by Crippen LogP contribution is 2.33. The number of rotatable bonds is 9. The van der Waals surface area contributed by atoms with E-state index in [1.165, 1.54) is 11.1 Å². The summed E-state index contributed by atoms with van der Waals surface area (Å²) in [5.41, 5.74) is 4.62. The topological polar surface area (TPSA) is 51.2 Å². The van der Waals surface area contributed by atoms with Crippen molar-refractivity contribution in [3.05, 3.63) is 89.0 Å². The van der Waals surface area contributed by atoms with Gasteiger partial charge in [-0.15, -0.1) is 0 Å². The maximum atomic E-state index is 10.7. The average Bonchev–Trinajstić information content (AvgIpc) is 3.23. The summed E-state index contributed by atoms with van der Waals surface area (Å²) in [4.78, 5) is 2.23. The zero-order valence-corrected chi connectivity index (χ0v) is 18.1. The third kappa shape index (κ3) is 5.78. The van der Waals surface area contributed by atoms with Crippen LogP contribution in [0.5, 0.6) is 17.2 Å². The first-order chi connectivity index (χ1) is 15.1. The van der Waals surface area contributed by atoms with Gasteiger partial charge < -0.3 is 19.3 Å². The van der Waals surface area contributed by atoms with E-state index in [2.05, 4.69) is 36.1 Å². The minimum absolute atomic E-state index is 0.246. The fraction of sp³-hybridized carbons (Fsp3) is 0.308. The van der Waals surface area contributed by atoms with Gasteiger partial charge in [0.1, 0.15) is 18.5 Å². The lowest BCUT2D eigenvalue weighted by Crippen LogP contribution is -2.35. The minimum Gasteiger partial charge on any atom is -0.491 e. The molecule has 1 aliphatic rings. The van der Waals surface area contributed by atoms with Crippen LogP contribution in [-0.4, -0.2) is 36.1 Å². The molecular weight excluding hydrogens is 390 g/mol. The maximum Gasteiger partial charge on any atom is 0.231 e. The largest absolute Gasteiger partial charge is 0.491 e. The monoisotopic (exact) mass is 419 g/mol. The van der Waals surface area contributed by atoms with Crippen molar-refractivity contribution in [2.45, 2.75) is 33.0 Å². The molecule has 3 aromatic carbocycles. The molecule has 5 heteroatoms. The Morgan fingerprint density at radius 3 is 2.42 bits per heavy atom. The van der Waals surface area contributed by atoms with E-state index in [0.717, 1.165) is 34.9 Å². The summed E-state index contributed by atoms with van der Waals surface area (Å²) in [6.07, 6.45) is -0.612. The van der Waals surface area contributed by atoms with Crippen LogP contribution in [0.25, 0.3) is 0 Å². The van der Waals surface area contributed by atoms with Gasteiger partial charge in [0.15, 0.2) is 11.5 Å². The van der Waals surface area contributed by atoms with Gasteiger partial charge in [-0.05, 0) is 48.7 Å². The molecule has 1 N–H and O–H groups in total. The van der Waals surface area contributed by atoms with Gasteiger partial charge in [-0.25, -0.2) is 0 Å². The number of aliphatic hydroxyl groups excluding tert-OH is 1. The number of ether oxygens (including phenoxy) is 3. The number of benzene rings is 3. The molecule has 0 fully saturated rings. The summed E-state index contributed by atoms with van der Waals surface area (Å²) < 4.78 is 16.8. The van der Waals surface area contributed by atoms with Crippen LogP contribution < -0.4 is 14.2 Å². The van der Waals surface area contributed by atoms with Crippen LogP contribution >= 0.6 is 0 Å². The molecule has 1 unspecified atom stereocenters. The third-order valence-electron chi connectivity index (χ3n) is 5.36. The molecule has 0 saturated carbocycles. The van der Waals surface area contributed by atoms with E-state index in [0.29, 0.717) is 13.1 Å². The quantitative estimate of drug-likeness (QED) is 0.554. The van der Waals surface area contributed by atoms with Crippen molar-refractivity contribution in [2.75, 3.05) is 19.9 Å². The van der Waals surface area contributed by atoms with Crippen LogP contribution in [0.2, 0.25) is 0 Å². The van der Waals surface area contributed by atoms with E-state index in [-0.39, 0.29) is 13.4 Å². The van der Waals surface area contributed by atoms with E-state index in [1.54, 1.807) is 0 Å². The molecule has 0 aliphatic carbocycles. The van der Waals surface area contributed by atoms with Crippen LogP contribution in [0, 0.1) is 13.8 Å². The second-order valence-electron chi connectivity index (χ2n) is 8.07. The Kier molecular flexibility index (Phi) is 6.75. The van der Waals surface area contributed by atoms with Crippen molar-refractivity contribution < 1.29 is 19.3 Å². The number of para-hydroxylation sites is 1. The van der Waals surface area contributed by atoms with Gasteiger partial charge in [-0.3, -0.25) is 4.90 Å². The van der Waals surface area contributed by atoms with Gasteiger partial charge in [0.05, 0.1) is 0 Å². The second kappa shape index (κ2) is 9.86. The molecule has 0 radical (unpaired) electrons. The average molecular weight is 420 g/mol. The standard InChI is InChI=1S/C26H29NO4/c1-19-7-9-21(10-8-19)14-27(15-22-11-12-25-26(13-22)31-18-30-25)16-23(28)17-29-24-6-4-3-5-20(24)2/h3-13,23,28H,14-18H2,1-2H3. The maximum absolute atomic E-state index is 10.7. The van der Waals surface area contributed by atoms with Gasteiger partial charge >= 0.3 is 0 Å². The van der Waals surface area contributed by atoms with E-state index >= 15 is 0 Å². The fourth-order valence-corrected chi connectivity index (χ4v) is 3.69. The predicted molar refractivity (Wildman–Crippen MR) is 121 cm³/mol. The van der Waals surface area contributed by atoms with Crippen LogP contribution in [0.15, 0.2) is 66.7 Å². The molecule has 0 saturated heterocycles. The molecule has 0 amide bonds. The predicted octanol–water partition coefficient (Wildman–Crippen LogP) is 4.47. The summed E-state index contributed by atoms with van der Waals surface area (Å²) in [6.45, 7) is 6.51. The Bertz CT molecular complexity index is 1000. The summed E-state index contributed by atoms with van der Waals surface area (Å²) >= 11 is 0. The number of aliphatic hydroxyl groups is 1. The van der Waals surface area contributed by atoms with Gasteiger partial charge in [0.2, 0.25) is 6.79 Å². The molecule has 1 aliphatic heterocycles. The molecule has 0 aromatic heterocycles. The number of hydrogen-bond acceptors (Lipinski definition) is 5. The molecule has 1 heterocycles. The molecule has 0 spiro atoms. The van der Waals surface area contributed by atoms with Gasteiger partial charge in [-0.1, -0.05) is 54.1 Å². The van der Waals surface area contributed by atoms with Crippen LogP contribution in [0.4, 0.5) is 0 Å². The SMILES string of the molecule is Cc1ccc(CN(Cc2ccc3c(c2)OCO3)CC(O)COc2ccccc2C)cc1. The van der Waals surface area contributed by atoms with Crippen molar-refractivity contribution in [3.63, 3.8) is 0 Å². The number of nitrogens with zero attached hydrogens (tertiary/aromatic N) is 1. The molecule has 5 nitrogen and oxygen atoms in total. The highest BCUT2D eigenvalue weighted by atomic mass is 16.7. The Labute approximate surface area is 183 Å². The van der Waals surface area contributed by atoms with Crippen molar-refractivity contribution in [2.24, 2.45) is 0 Å². The Morgan fingerprint density at radius 2 is 1.61 bits per heavy atom. The molecule has 31 heavy (non-hydrogen) atoms. The first-order valence-electron chi connectivity index (χ1n) is 10.6. The van der Waals surface area contributed by atoms with Crippen molar-refractivity contribution in [3.8, 4) is 17.2 Å². The van der Waals surface area contributed by atoms with E-state index in [9.17, 15) is 5.11 Å². The zero-order valence-electron chi connectivity index (χ0n) is 18.1. The second-order valence-corrected chi connectivity index (χ2v) is 8.07. The van der Waals surface area contributed by atoms with Crippen LogP contribution in [0.3, 0.4) is 0 Å². The minimum atomic E-state index is -0.612. The third-order valence-corrected chi connectivity index (χ3v) is 5.36. The van der Waals surface area contributed by atoms with Gasteiger partial charge in [0, 0.05) is 19.6 Å². The number of fused-ring (bicyclic) bond motifs is 1. The summed E-state index contributed by atoms with van der Waals surface area (Å²) in [7, 11) is 0. The molecule has 162 valence electrons. The van der Waals surface area contributed by atoms with E-state index < -0.39 is 6.10 Å². The fourth-order valence-electron chi connectivity index (χ4n) is 3.69. The molecule has 3 aromatic rings. The normalized spacial score (nSPS) is 13.4. The Balaban J connectivity index is 1.43. The highest BCUT2D eigenvalue weighted by Gasteiger charge is 2.17. The van der Waals surface area contributed by atoms with E-state index in [4.69, 9.17) is 14.2 Å². The summed E-state index contributed by atoms with van der Waals surface area (Å²) in [6, 6.07) is 22.4. The van der Waals surface area contributed by atoms with Crippen LogP contribution in [-0.2, 0) is 13.1 Å². The molecule has 4 rings (SSSR count). The zero-order chi connectivity index (χ0) is 21.6. The van der Waals surface area contributed by atoms with Crippen molar-refractivity contribution >= 4 is 0 Å². The van der Waals surface area contributed by atoms with Crippen molar-refractivity contribution in [1.82, 2.24) is 4.90 Å². The Hall–Kier alpha value is -3.02. The molecular formula is C26H29NO4. The van der Waals surface area contributed by atoms with Gasteiger partial charge in [0.25, 0.3) is 0 Å². The number of hydrogen-bond donors (Lipinski definition) is 1. The lowest BCUT2D eigenvalue weighted by molar-refractivity contribution is 0.0626. The summed E-state index contributed by atoms with van der Waals surface area (Å²) in [5.74, 6) is 2.36. The lowest BCUT2D eigenvalue weighted by Gasteiger charge is -2.26. The van der Waals surface area contributed by atoms with Crippen molar-refractivity contribution in [1.29, 1.82) is 0 Å². The van der Waals surface area contributed by atoms with E-state index in [1.807, 2.05) is 49.4 Å². The smallest absolute Gasteiger partial charge is 0.231 e.